The molecule has 2 rings (SSSR count). The first-order valence-electron chi connectivity index (χ1n) is 5.08. The van der Waals surface area contributed by atoms with Gasteiger partial charge in [0, 0.05) is 23.6 Å². The van der Waals surface area contributed by atoms with Crippen molar-refractivity contribution in [3.8, 4) is 0 Å². The first kappa shape index (κ1) is 11.5. The van der Waals surface area contributed by atoms with Crippen LogP contribution in [0.15, 0.2) is 22.7 Å². The molecule has 1 aliphatic rings. The summed E-state index contributed by atoms with van der Waals surface area (Å²) in [5, 5.41) is 0. The molecule has 0 aromatic heterocycles. The number of halogens is 2. The predicted molar refractivity (Wildman–Crippen MR) is 62.6 cm³/mol. The Morgan fingerprint density at radius 2 is 2.31 bits per heavy atom. The zero-order valence-electron chi connectivity index (χ0n) is 8.62. The van der Waals surface area contributed by atoms with Crippen LogP contribution in [-0.2, 0) is 0 Å². The second-order valence-corrected chi connectivity index (χ2v) is 4.75. The normalized spacial score (nSPS) is 20.2. The fourth-order valence-electron chi connectivity index (χ4n) is 1.83. The Kier molecular flexibility index (Phi) is 3.25. The van der Waals surface area contributed by atoms with E-state index >= 15 is 0 Å². The summed E-state index contributed by atoms with van der Waals surface area (Å²) < 4.78 is 14.0. The van der Waals surface area contributed by atoms with E-state index in [0.717, 1.165) is 6.42 Å². The summed E-state index contributed by atoms with van der Waals surface area (Å²) in [6.07, 6.45) is 0.776. The van der Waals surface area contributed by atoms with Crippen molar-refractivity contribution >= 4 is 21.8 Å². The van der Waals surface area contributed by atoms with Gasteiger partial charge in [0.15, 0.2) is 0 Å². The molecule has 1 amide bonds. The Morgan fingerprint density at radius 1 is 1.56 bits per heavy atom. The molecular formula is C11H12BrFN2O. The first-order chi connectivity index (χ1) is 7.59. The van der Waals surface area contributed by atoms with Gasteiger partial charge in [0.05, 0.1) is 5.56 Å². The Bertz CT molecular complexity index is 404. The number of amides is 1. The summed E-state index contributed by atoms with van der Waals surface area (Å²) in [7, 11) is 0. The topological polar surface area (TPSA) is 46.3 Å². The molecule has 1 atom stereocenters. The fraction of sp³-hybridized carbons (Fsp3) is 0.364. The van der Waals surface area contributed by atoms with Gasteiger partial charge in [-0.05, 0) is 34.5 Å². The molecule has 0 saturated carbocycles. The van der Waals surface area contributed by atoms with E-state index in [2.05, 4.69) is 15.9 Å². The molecule has 3 nitrogen and oxygen atoms in total. The summed E-state index contributed by atoms with van der Waals surface area (Å²) >= 11 is 3.19. The third kappa shape index (κ3) is 2.10. The number of carbonyl (C=O) groups excluding carboxylic acids is 1. The van der Waals surface area contributed by atoms with Gasteiger partial charge in [0.25, 0.3) is 5.91 Å². The number of rotatable bonds is 1. The minimum Gasteiger partial charge on any atom is -0.337 e. The Balaban J connectivity index is 2.27. The van der Waals surface area contributed by atoms with Crippen LogP contribution < -0.4 is 5.73 Å². The molecule has 0 bridgehead atoms. The standard InChI is InChI=1S/C11H12BrFN2O/c12-8-2-1-3-9(13)10(8)11(16)15-5-4-7(14)6-15/h1-3,7H,4-6,14H2. The van der Waals surface area contributed by atoms with Gasteiger partial charge in [0.1, 0.15) is 5.82 Å². The third-order valence-electron chi connectivity index (χ3n) is 2.69. The Labute approximate surface area is 102 Å². The number of likely N-dealkylation sites (tertiary alicyclic amines) is 1. The van der Waals surface area contributed by atoms with Crippen LogP contribution in [0.5, 0.6) is 0 Å². The highest BCUT2D eigenvalue weighted by atomic mass is 79.9. The average molecular weight is 287 g/mol. The molecule has 1 saturated heterocycles. The van der Waals surface area contributed by atoms with E-state index < -0.39 is 5.82 Å². The van der Waals surface area contributed by atoms with Gasteiger partial charge in [-0.15, -0.1) is 0 Å². The van der Waals surface area contributed by atoms with Crippen LogP contribution in [-0.4, -0.2) is 29.9 Å². The zero-order chi connectivity index (χ0) is 11.7. The van der Waals surface area contributed by atoms with Gasteiger partial charge < -0.3 is 10.6 Å². The van der Waals surface area contributed by atoms with Crippen LogP contribution in [0.25, 0.3) is 0 Å². The third-order valence-corrected chi connectivity index (χ3v) is 3.35. The minimum atomic E-state index is -0.500. The van der Waals surface area contributed by atoms with Crippen molar-refractivity contribution in [1.29, 1.82) is 0 Å². The smallest absolute Gasteiger partial charge is 0.258 e. The number of carbonyl (C=O) groups is 1. The predicted octanol–water partition coefficient (Wildman–Crippen LogP) is 1.76. The Hall–Kier alpha value is -0.940. The van der Waals surface area contributed by atoms with E-state index in [9.17, 15) is 9.18 Å². The molecule has 16 heavy (non-hydrogen) atoms. The van der Waals surface area contributed by atoms with Gasteiger partial charge in [-0.25, -0.2) is 4.39 Å². The second kappa shape index (κ2) is 4.51. The molecule has 1 unspecified atom stereocenters. The number of benzene rings is 1. The number of nitrogens with two attached hydrogens (primary N) is 1. The summed E-state index contributed by atoms with van der Waals surface area (Å²) in [4.78, 5) is 13.6. The van der Waals surface area contributed by atoms with E-state index in [4.69, 9.17) is 5.73 Å². The molecular weight excluding hydrogens is 275 g/mol. The highest BCUT2D eigenvalue weighted by Gasteiger charge is 2.27. The molecule has 0 aliphatic carbocycles. The SMILES string of the molecule is NC1CCN(C(=O)c2c(F)cccc2Br)C1. The molecule has 2 N–H and O–H groups in total. The Morgan fingerprint density at radius 3 is 2.88 bits per heavy atom. The lowest BCUT2D eigenvalue weighted by atomic mass is 10.2. The first-order valence-corrected chi connectivity index (χ1v) is 5.87. The van der Waals surface area contributed by atoms with Gasteiger partial charge in [0.2, 0.25) is 0 Å². The molecule has 1 fully saturated rings. The van der Waals surface area contributed by atoms with Crippen molar-refractivity contribution in [2.45, 2.75) is 12.5 Å². The minimum absolute atomic E-state index is 0.00880. The van der Waals surface area contributed by atoms with Crippen LogP contribution in [0, 0.1) is 5.82 Å². The summed E-state index contributed by atoms with van der Waals surface area (Å²) in [6.45, 7) is 1.10. The monoisotopic (exact) mass is 286 g/mol. The van der Waals surface area contributed by atoms with Crippen molar-refractivity contribution in [3.05, 3.63) is 34.1 Å². The lowest BCUT2D eigenvalue weighted by Crippen LogP contribution is -2.32. The maximum atomic E-state index is 13.5. The van der Waals surface area contributed by atoms with Gasteiger partial charge in [-0.2, -0.15) is 0 Å². The van der Waals surface area contributed by atoms with Crippen LogP contribution in [0.4, 0.5) is 4.39 Å². The lowest BCUT2D eigenvalue weighted by molar-refractivity contribution is 0.0785. The summed E-state index contributed by atoms with van der Waals surface area (Å²) in [5.74, 6) is -0.794. The lowest BCUT2D eigenvalue weighted by Gasteiger charge is -2.16. The van der Waals surface area contributed by atoms with Gasteiger partial charge >= 0.3 is 0 Å². The largest absolute Gasteiger partial charge is 0.337 e. The van der Waals surface area contributed by atoms with Crippen LogP contribution in [0.1, 0.15) is 16.8 Å². The van der Waals surface area contributed by atoms with Crippen LogP contribution >= 0.6 is 15.9 Å². The second-order valence-electron chi connectivity index (χ2n) is 3.90. The van der Waals surface area contributed by atoms with Crippen molar-refractivity contribution in [2.24, 2.45) is 5.73 Å². The van der Waals surface area contributed by atoms with Gasteiger partial charge in [-0.1, -0.05) is 6.07 Å². The van der Waals surface area contributed by atoms with E-state index in [1.807, 2.05) is 0 Å². The molecule has 1 aromatic rings. The number of hydrogen-bond donors (Lipinski definition) is 1. The summed E-state index contributed by atoms with van der Waals surface area (Å²) in [6, 6.07) is 4.51. The average Bonchev–Trinajstić information content (AvgIpc) is 2.64. The van der Waals surface area contributed by atoms with E-state index in [1.54, 1.807) is 17.0 Å². The molecule has 0 radical (unpaired) electrons. The fourth-order valence-corrected chi connectivity index (χ4v) is 2.34. The zero-order valence-corrected chi connectivity index (χ0v) is 10.2. The van der Waals surface area contributed by atoms with Gasteiger partial charge in [-0.3, -0.25) is 4.79 Å². The van der Waals surface area contributed by atoms with Crippen LogP contribution in [0.2, 0.25) is 0 Å². The van der Waals surface area contributed by atoms with Crippen molar-refractivity contribution in [3.63, 3.8) is 0 Å². The molecule has 1 heterocycles. The molecule has 1 aromatic carbocycles. The maximum Gasteiger partial charge on any atom is 0.258 e. The number of hydrogen-bond acceptors (Lipinski definition) is 2. The van der Waals surface area contributed by atoms with Crippen molar-refractivity contribution in [1.82, 2.24) is 4.90 Å². The van der Waals surface area contributed by atoms with E-state index in [0.29, 0.717) is 17.6 Å². The molecule has 5 heteroatoms. The van der Waals surface area contributed by atoms with Crippen LogP contribution in [0.3, 0.4) is 0 Å². The quantitative estimate of drug-likeness (QED) is 0.855. The van der Waals surface area contributed by atoms with Crippen molar-refractivity contribution in [2.75, 3.05) is 13.1 Å². The van der Waals surface area contributed by atoms with E-state index in [1.165, 1.54) is 6.07 Å². The molecule has 0 spiro atoms. The maximum absolute atomic E-state index is 13.5. The molecule has 1 aliphatic heterocycles. The highest BCUT2D eigenvalue weighted by Crippen LogP contribution is 2.22. The number of nitrogens with zero attached hydrogens (tertiary/aromatic N) is 1. The highest BCUT2D eigenvalue weighted by molar-refractivity contribution is 9.10. The molecule has 86 valence electrons. The summed E-state index contributed by atoms with van der Waals surface area (Å²) in [5.41, 5.74) is 5.81. The van der Waals surface area contributed by atoms with E-state index in [-0.39, 0.29) is 17.5 Å². The van der Waals surface area contributed by atoms with Crippen molar-refractivity contribution < 1.29 is 9.18 Å².